The van der Waals surface area contributed by atoms with Crippen molar-refractivity contribution in [1.82, 2.24) is 4.98 Å². The largest absolute Gasteiger partial charge is 0.338 e. The molecule has 3 nitrogen and oxygen atoms in total. The van der Waals surface area contributed by atoms with Gasteiger partial charge in [-0.2, -0.15) is 5.26 Å². The SMILES string of the molecule is Cc1ccc(Nc2nc(C)sc2C#N)cc1. The highest BCUT2D eigenvalue weighted by atomic mass is 32.1. The highest BCUT2D eigenvalue weighted by Crippen LogP contribution is 2.24. The third-order valence-corrected chi connectivity index (χ3v) is 3.03. The van der Waals surface area contributed by atoms with Gasteiger partial charge in [-0.3, -0.25) is 0 Å². The second-order valence-electron chi connectivity index (χ2n) is 3.51. The van der Waals surface area contributed by atoms with Crippen LogP contribution in [0.25, 0.3) is 0 Å². The Labute approximate surface area is 98.4 Å². The van der Waals surface area contributed by atoms with Gasteiger partial charge in [0, 0.05) is 5.69 Å². The van der Waals surface area contributed by atoms with Crippen molar-refractivity contribution in [3.63, 3.8) is 0 Å². The standard InChI is InChI=1S/C12H11N3S/c1-8-3-5-10(6-4-8)15-12-11(7-13)16-9(2)14-12/h3-6,15H,1-2H3. The van der Waals surface area contributed by atoms with Crippen LogP contribution in [0.1, 0.15) is 15.4 Å². The molecule has 0 saturated heterocycles. The highest BCUT2D eigenvalue weighted by molar-refractivity contribution is 7.12. The van der Waals surface area contributed by atoms with Gasteiger partial charge in [-0.15, -0.1) is 11.3 Å². The van der Waals surface area contributed by atoms with Gasteiger partial charge >= 0.3 is 0 Å². The van der Waals surface area contributed by atoms with Crippen LogP contribution in [0.4, 0.5) is 11.5 Å². The molecule has 1 heterocycles. The molecule has 80 valence electrons. The van der Waals surface area contributed by atoms with Gasteiger partial charge in [0.2, 0.25) is 0 Å². The number of rotatable bonds is 2. The minimum Gasteiger partial charge on any atom is -0.338 e. The van der Waals surface area contributed by atoms with Gasteiger partial charge in [0.05, 0.1) is 5.01 Å². The van der Waals surface area contributed by atoms with Crippen molar-refractivity contribution in [2.75, 3.05) is 5.32 Å². The van der Waals surface area contributed by atoms with E-state index in [0.29, 0.717) is 10.7 Å². The maximum atomic E-state index is 8.93. The fourth-order valence-electron chi connectivity index (χ4n) is 1.36. The summed E-state index contributed by atoms with van der Waals surface area (Å²) in [4.78, 5) is 4.91. The monoisotopic (exact) mass is 229 g/mol. The summed E-state index contributed by atoms with van der Waals surface area (Å²) >= 11 is 1.40. The number of hydrogen-bond donors (Lipinski definition) is 1. The van der Waals surface area contributed by atoms with Crippen molar-refractivity contribution in [1.29, 1.82) is 5.26 Å². The molecule has 0 aliphatic rings. The van der Waals surface area contributed by atoms with Gasteiger partial charge in [-0.1, -0.05) is 17.7 Å². The molecular formula is C12H11N3S. The van der Waals surface area contributed by atoms with E-state index in [1.165, 1.54) is 16.9 Å². The first-order chi connectivity index (χ1) is 7.69. The van der Waals surface area contributed by atoms with Crippen LogP contribution < -0.4 is 5.32 Å². The first-order valence-electron chi connectivity index (χ1n) is 4.90. The molecule has 0 fully saturated rings. The predicted octanol–water partition coefficient (Wildman–Crippen LogP) is 3.38. The van der Waals surface area contributed by atoms with Crippen LogP contribution in [0.5, 0.6) is 0 Å². The lowest BCUT2D eigenvalue weighted by Gasteiger charge is -2.03. The maximum Gasteiger partial charge on any atom is 0.159 e. The summed E-state index contributed by atoms with van der Waals surface area (Å²) in [6.45, 7) is 3.93. The quantitative estimate of drug-likeness (QED) is 0.858. The number of nitrogens with one attached hydrogen (secondary N) is 1. The lowest BCUT2D eigenvalue weighted by atomic mass is 10.2. The average molecular weight is 229 g/mol. The van der Waals surface area contributed by atoms with Crippen LogP contribution in [-0.2, 0) is 0 Å². The molecule has 0 radical (unpaired) electrons. The van der Waals surface area contributed by atoms with Crippen LogP contribution >= 0.6 is 11.3 Å². The second-order valence-corrected chi connectivity index (χ2v) is 4.72. The molecule has 0 aliphatic heterocycles. The Morgan fingerprint density at radius 1 is 1.25 bits per heavy atom. The molecule has 0 spiro atoms. The summed E-state index contributed by atoms with van der Waals surface area (Å²) < 4.78 is 0. The Kier molecular flexibility index (Phi) is 2.88. The van der Waals surface area contributed by atoms with E-state index in [4.69, 9.17) is 5.26 Å². The number of thiazole rings is 1. The van der Waals surface area contributed by atoms with Gasteiger partial charge in [0.1, 0.15) is 10.9 Å². The van der Waals surface area contributed by atoms with Crippen molar-refractivity contribution >= 4 is 22.8 Å². The second kappa shape index (κ2) is 4.33. The molecule has 4 heteroatoms. The van der Waals surface area contributed by atoms with E-state index >= 15 is 0 Å². The fraction of sp³-hybridized carbons (Fsp3) is 0.167. The van der Waals surface area contributed by atoms with E-state index in [0.717, 1.165) is 10.7 Å². The fourth-order valence-corrected chi connectivity index (χ4v) is 2.03. The zero-order valence-corrected chi connectivity index (χ0v) is 9.93. The average Bonchev–Trinajstić information content (AvgIpc) is 2.62. The number of benzene rings is 1. The number of anilines is 2. The summed E-state index contributed by atoms with van der Waals surface area (Å²) in [5.74, 6) is 0.647. The van der Waals surface area contributed by atoms with Gasteiger partial charge in [-0.25, -0.2) is 4.98 Å². The summed E-state index contributed by atoms with van der Waals surface area (Å²) in [6.07, 6.45) is 0. The third-order valence-electron chi connectivity index (χ3n) is 2.15. The number of aromatic nitrogens is 1. The lowest BCUT2D eigenvalue weighted by molar-refractivity contribution is 1.28. The molecule has 0 aliphatic carbocycles. The molecule has 1 N–H and O–H groups in total. The number of nitriles is 1. The normalized spacial score (nSPS) is 9.81. The summed E-state index contributed by atoms with van der Waals surface area (Å²) in [5, 5.41) is 13.0. The first-order valence-corrected chi connectivity index (χ1v) is 5.72. The lowest BCUT2D eigenvalue weighted by Crippen LogP contribution is -1.92. The van der Waals surface area contributed by atoms with Crippen molar-refractivity contribution in [3.05, 3.63) is 39.7 Å². The summed E-state index contributed by atoms with van der Waals surface area (Å²) in [5.41, 5.74) is 2.16. The molecule has 0 saturated carbocycles. The number of aryl methyl sites for hydroxylation is 2. The van der Waals surface area contributed by atoms with Gasteiger partial charge in [0.15, 0.2) is 5.82 Å². The molecule has 2 rings (SSSR count). The third kappa shape index (κ3) is 2.20. The van der Waals surface area contributed by atoms with E-state index in [9.17, 15) is 0 Å². The van der Waals surface area contributed by atoms with Crippen LogP contribution in [0.2, 0.25) is 0 Å². The van der Waals surface area contributed by atoms with Gasteiger partial charge in [-0.05, 0) is 26.0 Å². The molecule has 0 amide bonds. The molecule has 0 bridgehead atoms. The Morgan fingerprint density at radius 2 is 1.94 bits per heavy atom. The Balaban J connectivity index is 2.27. The van der Waals surface area contributed by atoms with Gasteiger partial charge in [0.25, 0.3) is 0 Å². The zero-order chi connectivity index (χ0) is 11.5. The smallest absolute Gasteiger partial charge is 0.159 e. The maximum absolute atomic E-state index is 8.93. The number of hydrogen-bond acceptors (Lipinski definition) is 4. The summed E-state index contributed by atoms with van der Waals surface area (Å²) in [7, 11) is 0. The number of nitrogens with zero attached hydrogens (tertiary/aromatic N) is 2. The molecule has 1 aromatic carbocycles. The highest BCUT2D eigenvalue weighted by Gasteiger charge is 2.07. The van der Waals surface area contributed by atoms with Crippen LogP contribution in [-0.4, -0.2) is 4.98 Å². The van der Waals surface area contributed by atoms with Gasteiger partial charge < -0.3 is 5.32 Å². The minimum absolute atomic E-state index is 0.623. The first kappa shape index (κ1) is 10.7. The van der Waals surface area contributed by atoms with Crippen LogP contribution in [0.15, 0.2) is 24.3 Å². The topological polar surface area (TPSA) is 48.7 Å². The van der Waals surface area contributed by atoms with E-state index < -0.39 is 0 Å². The molecule has 16 heavy (non-hydrogen) atoms. The summed E-state index contributed by atoms with van der Waals surface area (Å²) in [6, 6.07) is 10.1. The molecular weight excluding hydrogens is 218 g/mol. The minimum atomic E-state index is 0.623. The van der Waals surface area contributed by atoms with E-state index in [2.05, 4.69) is 16.4 Å². The van der Waals surface area contributed by atoms with E-state index in [1.807, 2.05) is 38.1 Å². The van der Waals surface area contributed by atoms with E-state index in [-0.39, 0.29) is 0 Å². The van der Waals surface area contributed by atoms with Crippen molar-refractivity contribution in [2.24, 2.45) is 0 Å². The Morgan fingerprint density at radius 3 is 2.56 bits per heavy atom. The molecule has 0 atom stereocenters. The molecule has 1 aromatic heterocycles. The molecule has 0 unspecified atom stereocenters. The Hall–Kier alpha value is -1.86. The zero-order valence-electron chi connectivity index (χ0n) is 9.11. The van der Waals surface area contributed by atoms with Crippen LogP contribution in [0, 0.1) is 25.2 Å². The van der Waals surface area contributed by atoms with Crippen LogP contribution in [0.3, 0.4) is 0 Å². The Bertz CT molecular complexity index is 534. The van der Waals surface area contributed by atoms with Crippen molar-refractivity contribution in [3.8, 4) is 6.07 Å². The molecule has 2 aromatic rings. The predicted molar refractivity (Wildman–Crippen MR) is 66.0 cm³/mol. The van der Waals surface area contributed by atoms with Crippen molar-refractivity contribution in [2.45, 2.75) is 13.8 Å². The van der Waals surface area contributed by atoms with Crippen molar-refractivity contribution < 1.29 is 0 Å². The van der Waals surface area contributed by atoms with E-state index in [1.54, 1.807) is 0 Å².